The average molecular weight is 417 g/mol. The maximum atomic E-state index is 12.7. The van der Waals surface area contributed by atoms with E-state index < -0.39 is 0 Å². The number of ether oxygens (including phenoxy) is 1. The number of carbonyl (C=O) groups excluding carboxylic acids is 2. The van der Waals surface area contributed by atoms with Gasteiger partial charge in [0, 0.05) is 36.3 Å². The topological polar surface area (TPSA) is 75.3 Å². The minimum atomic E-state index is -0.297. The van der Waals surface area contributed by atoms with E-state index in [0.717, 1.165) is 33.8 Å². The SMILES string of the molecule is COCCN1C(=O)S/C(=C/c2cn(Cc3ccccc3C#N)c3ccccc23)C1=O. The Bertz CT molecular complexity index is 1210. The molecule has 2 heterocycles. The molecule has 0 saturated carbocycles. The molecule has 30 heavy (non-hydrogen) atoms. The Labute approximate surface area is 178 Å². The summed E-state index contributed by atoms with van der Waals surface area (Å²) in [6, 6.07) is 17.6. The van der Waals surface area contributed by atoms with Gasteiger partial charge in [-0.3, -0.25) is 14.5 Å². The number of hydrogen-bond donors (Lipinski definition) is 0. The number of methoxy groups -OCH3 is 1. The van der Waals surface area contributed by atoms with Gasteiger partial charge in [-0.05, 0) is 35.5 Å². The van der Waals surface area contributed by atoms with Crippen LogP contribution < -0.4 is 0 Å². The Balaban J connectivity index is 1.71. The van der Waals surface area contributed by atoms with Gasteiger partial charge < -0.3 is 9.30 Å². The maximum absolute atomic E-state index is 12.7. The maximum Gasteiger partial charge on any atom is 0.293 e. The van der Waals surface area contributed by atoms with Crippen molar-refractivity contribution in [2.45, 2.75) is 6.54 Å². The molecule has 1 aromatic heterocycles. The molecule has 0 bridgehead atoms. The third kappa shape index (κ3) is 3.75. The van der Waals surface area contributed by atoms with Crippen molar-refractivity contribution >= 4 is 39.9 Å². The molecule has 2 amide bonds. The van der Waals surface area contributed by atoms with Crippen molar-refractivity contribution in [3.05, 3.63) is 76.3 Å². The molecule has 6 nitrogen and oxygen atoms in total. The number of benzene rings is 2. The fraction of sp³-hybridized carbons (Fsp3) is 0.174. The molecule has 4 rings (SSSR count). The van der Waals surface area contributed by atoms with Gasteiger partial charge in [-0.15, -0.1) is 0 Å². The normalized spacial score (nSPS) is 15.3. The summed E-state index contributed by atoms with van der Waals surface area (Å²) in [5, 5.41) is 10.1. The van der Waals surface area contributed by atoms with Crippen LogP contribution in [-0.2, 0) is 16.1 Å². The van der Waals surface area contributed by atoms with E-state index in [9.17, 15) is 14.9 Å². The van der Waals surface area contributed by atoms with Crippen molar-refractivity contribution in [2.75, 3.05) is 20.3 Å². The van der Waals surface area contributed by atoms with Crippen LogP contribution >= 0.6 is 11.8 Å². The van der Waals surface area contributed by atoms with Crippen LogP contribution in [0.15, 0.2) is 59.6 Å². The van der Waals surface area contributed by atoms with Crippen LogP contribution in [0.3, 0.4) is 0 Å². The number of nitriles is 1. The van der Waals surface area contributed by atoms with Gasteiger partial charge in [0.05, 0.1) is 29.7 Å². The summed E-state index contributed by atoms with van der Waals surface area (Å²) in [6.45, 7) is 1.08. The monoisotopic (exact) mass is 417 g/mol. The number of aromatic nitrogens is 1. The van der Waals surface area contributed by atoms with Crippen molar-refractivity contribution in [3.8, 4) is 6.07 Å². The highest BCUT2D eigenvalue weighted by molar-refractivity contribution is 8.18. The highest BCUT2D eigenvalue weighted by atomic mass is 32.2. The van der Waals surface area contributed by atoms with Crippen LogP contribution in [0.1, 0.15) is 16.7 Å². The van der Waals surface area contributed by atoms with Gasteiger partial charge in [0.25, 0.3) is 11.1 Å². The Morgan fingerprint density at radius 1 is 1.13 bits per heavy atom. The molecular weight excluding hydrogens is 398 g/mol. The van der Waals surface area contributed by atoms with E-state index in [-0.39, 0.29) is 17.7 Å². The number of carbonyl (C=O) groups is 2. The third-order valence-corrected chi connectivity index (χ3v) is 5.88. The first-order valence-corrected chi connectivity index (χ1v) is 10.2. The molecule has 0 N–H and O–H groups in total. The largest absolute Gasteiger partial charge is 0.383 e. The standard InChI is InChI=1S/C23H19N3O3S/c1-29-11-10-26-22(27)21(30-23(26)28)12-18-15-25(20-9-5-4-8-19(18)20)14-17-7-3-2-6-16(17)13-24/h2-9,12,15H,10-11,14H2,1H3/b21-12+. The number of nitrogens with zero attached hydrogens (tertiary/aromatic N) is 3. The minimum absolute atomic E-state index is 0.241. The summed E-state index contributed by atoms with van der Waals surface area (Å²) in [5.41, 5.74) is 3.41. The van der Waals surface area contributed by atoms with Gasteiger partial charge in [-0.25, -0.2) is 0 Å². The lowest BCUT2D eigenvalue weighted by molar-refractivity contribution is -0.123. The minimum Gasteiger partial charge on any atom is -0.383 e. The van der Waals surface area contributed by atoms with Crippen molar-refractivity contribution in [3.63, 3.8) is 0 Å². The van der Waals surface area contributed by atoms with Crippen molar-refractivity contribution in [2.24, 2.45) is 0 Å². The molecule has 0 atom stereocenters. The van der Waals surface area contributed by atoms with Crippen LogP contribution in [0.5, 0.6) is 0 Å². The number of imide groups is 1. The predicted octanol–water partition coefficient (Wildman–Crippen LogP) is 4.24. The third-order valence-electron chi connectivity index (χ3n) is 4.98. The molecule has 1 saturated heterocycles. The Kier molecular flexibility index (Phi) is 5.70. The summed E-state index contributed by atoms with van der Waals surface area (Å²) in [5.74, 6) is -0.297. The highest BCUT2D eigenvalue weighted by Crippen LogP contribution is 2.34. The smallest absolute Gasteiger partial charge is 0.293 e. The fourth-order valence-corrected chi connectivity index (χ4v) is 4.34. The number of rotatable bonds is 6. The molecule has 2 aromatic carbocycles. The van der Waals surface area contributed by atoms with Crippen molar-refractivity contribution in [1.82, 2.24) is 9.47 Å². The highest BCUT2D eigenvalue weighted by Gasteiger charge is 2.34. The molecule has 3 aromatic rings. The van der Waals surface area contributed by atoms with Crippen LogP contribution in [0.4, 0.5) is 4.79 Å². The molecule has 1 fully saturated rings. The van der Waals surface area contributed by atoms with Crippen LogP contribution in [-0.4, -0.2) is 40.9 Å². The summed E-state index contributed by atoms with van der Waals surface area (Å²) >= 11 is 0.946. The van der Waals surface area contributed by atoms with E-state index in [0.29, 0.717) is 23.6 Å². The molecule has 0 aliphatic carbocycles. The van der Waals surface area contributed by atoms with Crippen LogP contribution in [0.25, 0.3) is 17.0 Å². The van der Waals surface area contributed by atoms with Crippen molar-refractivity contribution in [1.29, 1.82) is 5.26 Å². The van der Waals surface area contributed by atoms with E-state index in [4.69, 9.17) is 4.74 Å². The Morgan fingerprint density at radius 2 is 1.90 bits per heavy atom. The van der Waals surface area contributed by atoms with E-state index in [1.165, 1.54) is 12.0 Å². The number of hydrogen-bond acceptors (Lipinski definition) is 5. The van der Waals surface area contributed by atoms with Gasteiger partial charge in [0.1, 0.15) is 0 Å². The predicted molar refractivity (Wildman–Crippen MR) is 117 cm³/mol. The average Bonchev–Trinajstić information content (AvgIpc) is 3.24. The molecule has 0 unspecified atom stereocenters. The zero-order valence-electron chi connectivity index (χ0n) is 16.4. The Hall–Kier alpha value is -3.34. The molecule has 0 radical (unpaired) electrons. The molecule has 1 aliphatic heterocycles. The molecule has 150 valence electrons. The lowest BCUT2D eigenvalue weighted by atomic mass is 10.1. The first kappa shape index (κ1) is 20.0. The molecule has 7 heteroatoms. The van der Waals surface area contributed by atoms with Gasteiger partial charge in [0.15, 0.2) is 0 Å². The number of thioether (sulfide) groups is 1. The number of para-hydroxylation sites is 1. The Morgan fingerprint density at radius 3 is 2.70 bits per heavy atom. The van der Waals surface area contributed by atoms with E-state index in [1.54, 1.807) is 12.1 Å². The number of amides is 2. The first-order valence-electron chi connectivity index (χ1n) is 9.42. The molecule has 1 aliphatic rings. The van der Waals surface area contributed by atoms with Gasteiger partial charge in [0.2, 0.25) is 0 Å². The van der Waals surface area contributed by atoms with Crippen molar-refractivity contribution < 1.29 is 14.3 Å². The second-order valence-corrected chi connectivity index (χ2v) is 7.82. The lowest BCUT2D eigenvalue weighted by Crippen LogP contribution is -2.31. The zero-order valence-corrected chi connectivity index (χ0v) is 17.2. The van der Waals surface area contributed by atoms with E-state index >= 15 is 0 Å². The fourth-order valence-electron chi connectivity index (χ4n) is 3.49. The van der Waals surface area contributed by atoms with Gasteiger partial charge >= 0.3 is 0 Å². The zero-order chi connectivity index (χ0) is 21.1. The second kappa shape index (κ2) is 8.57. The van der Waals surface area contributed by atoms with Gasteiger partial charge in [-0.2, -0.15) is 5.26 Å². The summed E-state index contributed by atoms with van der Waals surface area (Å²) in [6.07, 6.45) is 3.73. The molecule has 0 spiro atoms. The summed E-state index contributed by atoms with van der Waals surface area (Å²) in [4.78, 5) is 26.5. The second-order valence-electron chi connectivity index (χ2n) is 6.82. The molecular formula is C23H19N3O3S. The van der Waals surface area contributed by atoms with Crippen LogP contribution in [0.2, 0.25) is 0 Å². The van der Waals surface area contributed by atoms with Gasteiger partial charge in [-0.1, -0.05) is 36.4 Å². The summed E-state index contributed by atoms with van der Waals surface area (Å²) in [7, 11) is 1.54. The van der Waals surface area contributed by atoms with Crippen LogP contribution in [0, 0.1) is 11.3 Å². The van der Waals surface area contributed by atoms with E-state index in [1.807, 2.05) is 48.7 Å². The number of fused-ring (bicyclic) bond motifs is 1. The quantitative estimate of drug-likeness (QED) is 0.561. The lowest BCUT2D eigenvalue weighted by Gasteiger charge is -2.10. The summed E-state index contributed by atoms with van der Waals surface area (Å²) < 4.78 is 7.05. The first-order chi connectivity index (χ1) is 14.6. The van der Waals surface area contributed by atoms with E-state index in [2.05, 4.69) is 10.6 Å².